The highest BCUT2D eigenvalue weighted by atomic mass is 32.2. The third-order valence-corrected chi connectivity index (χ3v) is 4.25. The molecule has 0 fully saturated rings. The van der Waals surface area contributed by atoms with Gasteiger partial charge >= 0.3 is 0 Å². The summed E-state index contributed by atoms with van der Waals surface area (Å²) in [4.78, 5) is 29.4. The van der Waals surface area contributed by atoms with Gasteiger partial charge in [-0.1, -0.05) is 6.07 Å². The van der Waals surface area contributed by atoms with Crippen LogP contribution in [0.5, 0.6) is 0 Å². The van der Waals surface area contributed by atoms with E-state index in [1.807, 2.05) is 13.2 Å². The summed E-state index contributed by atoms with van der Waals surface area (Å²) in [5.74, 6) is 0.438. The van der Waals surface area contributed by atoms with Crippen molar-refractivity contribution in [2.45, 2.75) is 12.2 Å². The maximum absolute atomic E-state index is 11.2. The molecule has 1 heterocycles. The molecule has 0 saturated carbocycles. The minimum atomic E-state index is -0.454. The van der Waals surface area contributed by atoms with Crippen molar-refractivity contribution in [3.05, 3.63) is 52.0 Å². The van der Waals surface area contributed by atoms with Gasteiger partial charge in [-0.15, -0.1) is 0 Å². The van der Waals surface area contributed by atoms with Crippen LogP contribution < -0.4 is 5.32 Å². The van der Waals surface area contributed by atoms with Crippen LogP contribution in [0.25, 0.3) is 0 Å². The number of nitro groups is 1. The zero-order valence-electron chi connectivity index (χ0n) is 13.1. The number of carbonyl (C=O) groups excluding carboxylic acids is 1. The third kappa shape index (κ3) is 4.19. The third-order valence-electron chi connectivity index (χ3n) is 3.29. The average molecular weight is 348 g/mol. The maximum Gasteiger partial charge on any atom is 0.293 e. The van der Waals surface area contributed by atoms with E-state index in [1.54, 1.807) is 18.3 Å². The van der Waals surface area contributed by atoms with Crippen molar-refractivity contribution in [3.63, 3.8) is 0 Å². The van der Waals surface area contributed by atoms with Crippen LogP contribution in [0, 0.1) is 17.0 Å². The van der Waals surface area contributed by atoms with Crippen LogP contribution in [0.3, 0.4) is 0 Å². The Kier molecular flexibility index (Phi) is 6.07. The SMILES string of the molecule is CSC(COC=O)c1cncnc1Nc1cc(C)ccc1[N+](=O)[O-]. The fraction of sp³-hybridized carbons (Fsp3) is 0.267. The van der Waals surface area contributed by atoms with Gasteiger partial charge in [0.2, 0.25) is 0 Å². The van der Waals surface area contributed by atoms with E-state index < -0.39 is 4.92 Å². The van der Waals surface area contributed by atoms with Gasteiger partial charge in [0.15, 0.2) is 0 Å². The quantitative estimate of drug-likeness (QED) is 0.441. The first kappa shape index (κ1) is 17.7. The second kappa shape index (κ2) is 8.25. The summed E-state index contributed by atoms with van der Waals surface area (Å²) in [6.45, 7) is 2.38. The number of nitro benzene ring substituents is 1. The van der Waals surface area contributed by atoms with E-state index in [0.29, 0.717) is 23.5 Å². The van der Waals surface area contributed by atoms with Crippen molar-refractivity contribution in [1.82, 2.24) is 9.97 Å². The van der Waals surface area contributed by atoms with E-state index in [2.05, 4.69) is 15.3 Å². The van der Waals surface area contributed by atoms with Crippen molar-refractivity contribution < 1.29 is 14.5 Å². The molecule has 0 amide bonds. The number of hydrogen-bond donors (Lipinski definition) is 1. The second-order valence-electron chi connectivity index (χ2n) is 4.88. The molecule has 1 aromatic heterocycles. The molecule has 1 aromatic carbocycles. The number of anilines is 2. The van der Waals surface area contributed by atoms with Gasteiger partial charge in [-0.3, -0.25) is 14.9 Å². The number of benzene rings is 1. The molecule has 0 radical (unpaired) electrons. The number of aryl methyl sites for hydroxylation is 1. The maximum atomic E-state index is 11.2. The largest absolute Gasteiger partial charge is 0.466 e. The van der Waals surface area contributed by atoms with E-state index in [1.165, 1.54) is 24.2 Å². The minimum Gasteiger partial charge on any atom is -0.466 e. The van der Waals surface area contributed by atoms with Gasteiger partial charge in [-0.05, 0) is 24.8 Å². The average Bonchev–Trinajstić information content (AvgIpc) is 2.56. The van der Waals surface area contributed by atoms with E-state index in [9.17, 15) is 14.9 Å². The van der Waals surface area contributed by atoms with Gasteiger partial charge in [0.05, 0.1) is 10.2 Å². The Morgan fingerprint density at radius 2 is 2.29 bits per heavy atom. The molecule has 9 heteroatoms. The van der Waals surface area contributed by atoms with Crippen molar-refractivity contribution in [2.75, 3.05) is 18.2 Å². The fourth-order valence-electron chi connectivity index (χ4n) is 2.13. The molecule has 0 aliphatic carbocycles. The van der Waals surface area contributed by atoms with E-state index in [0.717, 1.165) is 5.56 Å². The molecule has 2 rings (SSSR count). The molecule has 1 atom stereocenters. The smallest absolute Gasteiger partial charge is 0.293 e. The highest BCUT2D eigenvalue weighted by Gasteiger charge is 2.20. The zero-order chi connectivity index (χ0) is 17.5. The molecule has 8 nitrogen and oxygen atoms in total. The molecule has 1 unspecified atom stereocenters. The molecule has 2 aromatic rings. The Balaban J connectivity index is 2.39. The zero-order valence-corrected chi connectivity index (χ0v) is 13.9. The Morgan fingerprint density at radius 3 is 2.96 bits per heavy atom. The van der Waals surface area contributed by atoms with Gasteiger partial charge in [-0.25, -0.2) is 9.97 Å². The van der Waals surface area contributed by atoms with Crippen LogP contribution >= 0.6 is 11.8 Å². The number of rotatable bonds is 8. The van der Waals surface area contributed by atoms with Crippen molar-refractivity contribution in [3.8, 4) is 0 Å². The van der Waals surface area contributed by atoms with Gasteiger partial charge in [0.25, 0.3) is 12.2 Å². The van der Waals surface area contributed by atoms with Crippen molar-refractivity contribution in [1.29, 1.82) is 0 Å². The predicted octanol–water partition coefficient (Wildman–Crippen LogP) is 3.01. The first-order valence-corrected chi connectivity index (χ1v) is 8.25. The topological polar surface area (TPSA) is 107 Å². The molecule has 24 heavy (non-hydrogen) atoms. The van der Waals surface area contributed by atoms with Gasteiger partial charge in [0.1, 0.15) is 24.4 Å². The number of aromatic nitrogens is 2. The highest BCUT2D eigenvalue weighted by Crippen LogP contribution is 2.34. The van der Waals surface area contributed by atoms with Crippen LogP contribution in [0.2, 0.25) is 0 Å². The molecule has 0 aliphatic rings. The summed E-state index contributed by atoms with van der Waals surface area (Å²) >= 11 is 1.46. The Morgan fingerprint density at radius 1 is 1.50 bits per heavy atom. The lowest BCUT2D eigenvalue weighted by molar-refractivity contribution is -0.383. The van der Waals surface area contributed by atoms with Gasteiger partial charge < -0.3 is 10.1 Å². The second-order valence-corrected chi connectivity index (χ2v) is 5.92. The van der Waals surface area contributed by atoms with Crippen LogP contribution in [-0.2, 0) is 9.53 Å². The molecule has 0 saturated heterocycles. The molecule has 126 valence electrons. The van der Waals surface area contributed by atoms with E-state index in [4.69, 9.17) is 4.74 Å². The lowest BCUT2D eigenvalue weighted by atomic mass is 10.1. The van der Waals surface area contributed by atoms with Gasteiger partial charge in [0, 0.05) is 17.8 Å². The molecule has 1 N–H and O–H groups in total. The number of hydrogen-bond acceptors (Lipinski definition) is 8. The van der Waals surface area contributed by atoms with Crippen LogP contribution in [0.4, 0.5) is 17.2 Å². The fourth-order valence-corrected chi connectivity index (χ4v) is 2.77. The molecule has 0 bridgehead atoms. The van der Waals surface area contributed by atoms with E-state index >= 15 is 0 Å². The summed E-state index contributed by atoms with van der Waals surface area (Å²) in [7, 11) is 0. The molecular formula is C15H16N4O4S. The molecule has 0 spiro atoms. The Bertz CT molecular complexity index is 741. The van der Waals surface area contributed by atoms with Crippen molar-refractivity contribution >= 4 is 35.4 Å². The molecule has 0 aliphatic heterocycles. The number of carbonyl (C=O) groups is 1. The van der Waals surface area contributed by atoms with Crippen LogP contribution in [0.1, 0.15) is 16.4 Å². The monoisotopic (exact) mass is 348 g/mol. The first-order valence-electron chi connectivity index (χ1n) is 6.96. The van der Waals surface area contributed by atoms with Crippen molar-refractivity contribution in [2.24, 2.45) is 0 Å². The number of ether oxygens (including phenoxy) is 1. The van der Waals surface area contributed by atoms with Crippen LogP contribution in [0.15, 0.2) is 30.7 Å². The molecular weight excluding hydrogens is 332 g/mol. The number of nitrogens with zero attached hydrogens (tertiary/aromatic N) is 3. The van der Waals surface area contributed by atoms with Gasteiger partial charge in [-0.2, -0.15) is 11.8 Å². The lowest BCUT2D eigenvalue weighted by Gasteiger charge is -2.17. The first-order chi connectivity index (χ1) is 11.6. The Labute approximate surface area is 142 Å². The number of nitrogens with one attached hydrogen (secondary N) is 1. The summed E-state index contributed by atoms with van der Waals surface area (Å²) in [6.07, 6.45) is 4.82. The summed E-state index contributed by atoms with van der Waals surface area (Å²) in [5, 5.41) is 14.0. The number of thioether (sulfide) groups is 1. The summed E-state index contributed by atoms with van der Waals surface area (Å²) in [5.41, 5.74) is 1.87. The summed E-state index contributed by atoms with van der Waals surface area (Å²) < 4.78 is 4.83. The van der Waals surface area contributed by atoms with Crippen LogP contribution in [-0.4, -0.2) is 34.2 Å². The standard InChI is InChI=1S/C15H16N4O4S/c1-10-3-4-13(19(21)22)12(5-10)18-15-11(6-16-8-17-15)14(24-2)7-23-9-20/h3-6,8-9,14H,7H2,1-2H3,(H,16,17,18). The predicted molar refractivity (Wildman–Crippen MR) is 91.4 cm³/mol. The Hall–Kier alpha value is -2.68. The highest BCUT2D eigenvalue weighted by molar-refractivity contribution is 7.98. The lowest BCUT2D eigenvalue weighted by Crippen LogP contribution is -2.09. The summed E-state index contributed by atoms with van der Waals surface area (Å²) in [6, 6.07) is 4.80. The minimum absolute atomic E-state index is 0.0463. The normalized spacial score (nSPS) is 11.6. The van der Waals surface area contributed by atoms with E-state index in [-0.39, 0.29) is 17.5 Å².